The highest BCUT2D eigenvalue weighted by Gasteiger charge is 2.22. The zero-order valence-electron chi connectivity index (χ0n) is 7.58. The molecule has 1 unspecified atom stereocenters. The van der Waals surface area contributed by atoms with Crippen LogP contribution in [-0.4, -0.2) is 12.5 Å². The Morgan fingerprint density at radius 1 is 1.36 bits per heavy atom. The van der Waals surface area contributed by atoms with E-state index in [1.165, 1.54) is 12.1 Å². The lowest BCUT2D eigenvalue weighted by molar-refractivity contribution is 0.117. The van der Waals surface area contributed by atoms with Gasteiger partial charge in [-0.15, -0.1) is 0 Å². The average molecular weight is 197 g/mol. The summed E-state index contributed by atoms with van der Waals surface area (Å²) in [5, 5.41) is 0. The van der Waals surface area contributed by atoms with Crippen LogP contribution in [0.2, 0.25) is 0 Å². The van der Waals surface area contributed by atoms with Crippen LogP contribution >= 0.6 is 0 Å². The molecule has 74 valence electrons. The molecule has 0 fully saturated rings. The van der Waals surface area contributed by atoms with Crippen molar-refractivity contribution in [3.63, 3.8) is 0 Å². The van der Waals surface area contributed by atoms with Gasteiger partial charge < -0.3 is 0 Å². The maximum Gasteiger partial charge on any atom is 0.265 e. The first kappa shape index (κ1) is 10.5. The first-order valence-electron chi connectivity index (χ1n) is 4.07. The Morgan fingerprint density at radius 2 is 2.00 bits per heavy atom. The predicted molar refractivity (Wildman–Crippen MR) is 48.0 cm³/mol. The number of hydrogen-bond acceptors (Lipinski definition) is 2. The van der Waals surface area contributed by atoms with Crippen molar-refractivity contribution in [1.29, 1.82) is 0 Å². The van der Waals surface area contributed by atoms with Crippen LogP contribution in [-0.2, 0) is 4.79 Å². The van der Waals surface area contributed by atoms with Crippen molar-refractivity contribution in [2.45, 2.75) is 19.4 Å². The summed E-state index contributed by atoms with van der Waals surface area (Å²) < 4.78 is 25.0. The van der Waals surface area contributed by atoms with E-state index in [0.29, 0.717) is 11.1 Å². The number of halogens is 2. The molecule has 4 heteroatoms. The fraction of sp³-hybridized carbons (Fsp3) is 0.300. The van der Waals surface area contributed by atoms with Gasteiger partial charge in [0.05, 0.1) is 0 Å². The maximum absolute atomic E-state index is 12.5. The molecule has 0 saturated heterocycles. The zero-order chi connectivity index (χ0) is 10.6. The fourth-order valence-corrected chi connectivity index (χ4v) is 1.24. The van der Waals surface area contributed by atoms with Crippen molar-refractivity contribution >= 4 is 6.08 Å². The molecule has 0 bridgehead atoms. The predicted octanol–water partition coefficient (Wildman–Crippen LogP) is 2.64. The van der Waals surface area contributed by atoms with Crippen molar-refractivity contribution in [3.8, 4) is 0 Å². The van der Waals surface area contributed by atoms with E-state index in [-0.39, 0.29) is 0 Å². The van der Waals surface area contributed by atoms with Gasteiger partial charge in [0.15, 0.2) is 0 Å². The van der Waals surface area contributed by atoms with E-state index < -0.39 is 12.5 Å². The van der Waals surface area contributed by atoms with Crippen molar-refractivity contribution < 1.29 is 13.6 Å². The van der Waals surface area contributed by atoms with Gasteiger partial charge in [-0.1, -0.05) is 24.3 Å². The highest BCUT2D eigenvalue weighted by atomic mass is 19.3. The minimum Gasteiger partial charge on any atom is -0.211 e. The summed E-state index contributed by atoms with van der Waals surface area (Å²) >= 11 is 0. The Kier molecular flexibility index (Phi) is 3.48. The van der Waals surface area contributed by atoms with Crippen LogP contribution in [0.15, 0.2) is 29.3 Å². The first-order valence-corrected chi connectivity index (χ1v) is 4.07. The molecule has 0 N–H and O–H groups in total. The Morgan fingerprint density at radius 3 is 2.50 bits per heavy atom. The number of benzene rings is 1. The van der Waals surface area contributed by atoms with E-state index >= 15 is 0 Å². The Bertz CT molecular complexity index is 359. The summed E-state index contributed by atoms with van der Waals surface area (Å²) in [6.45, 7) is 1.70. The second-order valence-electron chi connectivity index (χ2n) is 2.86. The summed E-state index contributed by atoms with van der Waals surface area (Å²) in [5.41, 5.74) is 1.06. The van der Waals surface area contributed by atoms with Gasteiger partial charge in [-0.3, -0.25) is 0 Å². The molecule has 1 atom stereocenters. The van der Waals surface area contributed by atoms with E-state index in [1.54, 1.807) is 25.1 Å². The van der Waals surface area contributed by atoms with E-state index in [1.807, 2.05) is 0 Å². The summed E-state index contributed by atoms with van der Waals surface area (Å²) in [7, 11) is 0. The highest BCUT2D eigenvalue weighted by molar-refractivity contribution is 5.37. The molecule has 0 amide bonds. The Balaban J connectivity index is 3.11. The number of carbonyl (C=O) groups excluding carboxylic acids is 1. The number of aryl methyl sites for hydroxylation is 1. The molecule has 0 spiro atoms. The average Bonchev–Trinajstić information content (AvgIpc) is 2.15. The molecule has 2 nitrogen and oxygen atoms in total. The smallest absolute Gasteiger partial charge is 0.211 e. The van der Waals surface area contributed by atoms with Crippen LogP contribution in [0.5, 0.6) is 0 Å². The molecule has 14 heavy (non-hydrogen) atoms. The molecule has 0 heterocycles. The number of isocyanates is 1. The lowest BCUT2D eigenvalue weighted by atomic mass is 10.0. The van der Waals surface area contributed by atoms with Gasteiger partial charge in [0.1, 0.15) is 6.04 Å². The number of aliphatic imine (C=N–C) groups is 1. The minimum absolute atomic E-state index is 0.367. The van der Waals surface area contributed by atoms with Crippen LogP contribution in [0.3, 0.4) is 0 Å². The second-order valence-corrected chi connectivity index (χ2v) is 2.86. The molecule has 0 aliphatic heterocycles. The first-order chi connectivity index (χ1) is 6.66. The third-order valence-electron chi connectivity index (χ3n) is 1.94. The van der Waals surface area contributed by atoms with Crippen molar-refractivity contribution in [2.75, 3.05) is 0 Å². The highest BCUT2D eigenvalue weighted by Crippen LogP contribution is 2.26. The third-order valence-corrected chi connectivity index (χ3v) is 1.94. The van der Waals surface area contributed by atoms with Crippen LogP contribution < -0.4 is 0 Å². The summed E-state index contributed by atoms with van der Waals surface area (Å²) in [6.07, 6.45) is -1.51. The standard InChI is InChI=1S/C10H9F2NO/c1-7-4-2-3-5-8(7)9(10(11)12)13-6-14/h2-5,9-10H,1H3. The number of alkyl halides is 2. The van der Waals surface area contributed by atoms with Gasteiger partial charge in [-0.25, -0.2) is 13.6 Å². The molecular weight excluding hydrogens is 188 g/mol. The monoisotopic (exact) mass is 197 g/mol. The van der Waals surface area contributed by atoms with Crippen molar-refractivity contribution in [1.82, 2.24) is 0 Å². The van der Waals surface area contributed by atoms with Crippen LogP contribution in [0.25, 0.3) is 0 Å². The summed E-state index contributed by atoms with van der Waals surface area (Å²) in [4.78, 5) is 13.1. The van der Waals surface area contributed by atoms with E-state index in [0.717, 1.165) is 0 Å². The quantitative estimate of drug-likeness (QED) is 0.541. The largest absolute Gasteiger partial charge is 0.265 e. The van der Waals surface area contributed by atoms with Gasteiger partial charge >= 0.3 is 0 Å². The maximum atomic E-state index is 12.5. The minimum atomic E-state index is -2.68. The Labute approximate surface area is 80.3 Å². The van der Waals surface area contributed by atoms with Crippen molar-refractivity contribution in [3.05, 3.63) is 35.4 Å². The molecule has 0 aliphatic carbocycles. The van der Waals surface area contributed by atoms with Gasteiger partial charge in [-0.05, 0) is 18.1 Å². The lowest BCUT2D eigenvalue weighted by Gasteiger charge is -2.11. The molecule has 1 rings (SSSR count). The zero-order valence-corrected chi connectivity index (χ0v) is 7.58. The van der Waals surface area contributed by atoms with Gasteiger partial charge in [0.2, 0.25) is 6.08 Å². The van der Waals surface area contributed by atoms with Crippen LogP contribution in [0.1, 0.15) is 17.2 Å². The summed E-state index contributed by atoms with van der Waals surface area (Å²) in [6, 6.07) is 5.22. The van der Waals surface area contributed by atoms with Crippen LogP contribution in [0, 0.1) is 6.92 Å². The van der Waals surface area contributed by atoms with Crippen LogP contribution in [0.4, 0.5) is 8.78 Å². The fourth-order valence-electron chi connectivity index (χ4n) is 1.24. The molecule has 0 radical (unpaired) electrons. The van der Waals surface area contributed by atoms with E-state index in [9.17, 15) is 13.6 Å². The SMILES string of the molecule is Cc1ccccc1C(N=C=O)C(F)F. The molecular formula is C10H9F2NO. The van der Waals surface area contributed by atoms with Crippen molar-refractivity contribution in [2.24, 2.45) is 4.99 Å². The topological polar surface area (TPSA) is 29.4 Å². The molecule has 1 aromatic carbocycles. The third kappa shape index (κ3) is 2.24. The number of rotatable bonds is 3. The number of hydrogen-bond donors (Lipinski definition) is 0. The Hall–Kier alpha value is -1.54. The van der Waals surface area contributed by atoms with E-state index in [4.69, 9.17) is 0 Å². The van der Waals surface area contributed by atoms with Gasteiger partial charge in [0.25, 0.3) is 6.43 Å². The number of nitrogens with zero attached hydrogens (tertiary/aromatic N) is 1. The van der Waals surface area contributed by atoms with Gasteiger partial charge in [0, 0.05) is 0 Å². The van der Waals surface area contributed by atoms with Gasteiger partial charge in [-0.2, -0.15) is 4.99 Å². The molecule has 0 saturated carbocycles. The molecule has 0 aliphatic rings. The normalized spacial score (nSPS) is 12.3. The summed E-state index contributed by atoms with van der Waals surface area (Å²) in [5.74, 6) is 0. The lowest BCUT2D eigenvalue weighted by Crippen LogP contribution is -2.07. The van der Waals surface area contributed by atoms with E-state index in [2.05, 4.69) is 4.99 Å². The molecule has 1 aromatic rings. The second kappa shape index (κ2) is 4.63. The molecule has 0 aromatic heterocycles.